The molecule has 0 aromatic heterocycles. The van der Waals surface area contributed by atoms with Crippen LogP contribution in [0.3, 0.4) is 0 Å². The van der Waals surface area contributed by atoms with Gasteiger partial charge in [0.15, 0.2) is 0 Å². The standard InChI is InChI=1S/C22H27NOS/c1-3-20(18-14-13-16-9-5-6-10-17(16)15-18)23-22(24)19-11-7-8-12-21(19)25-4-2/h7-8,11-15,20H,3-6,9-10H2,1-2H3,(H,23,24)/t20-/m1/s1. The van der Waals surface area contributed by atoms with Crippen molar-refractivity contribution in [2.24, 2.45) is 0 Å². The summed E-state index contributed by atoms with van der Waals surface area (Å²) in [6.07, 6.45) is 5.84. The maximum absolute atomic E-state index is 12.8. The van der Waals surface area contributed by atoms with Crippen LogP contribution in [0.15, 0.2) is 47.4 Å². The fraction of sp³-hybridized carbons (Fsp3) is 0.409. The number of fused-ring (bicyclic) bond motifs is 1. The number of hydrogen-bond donors (Lipinski definition) is 1. The van der Waals surface area contributed by atoms with Gasteiger partial charge in [0, 0.05) is 4.90 Å². The first-order valence-electron chi connectivity index (χ1n) is 9.37. The summed E-state index contributed by atoms with van der Waals surface area (Å²) >= 11 is 1.72. The molecule has 1 amide bonds. The normalized spacial score (nSPS) is 14.6. The quantitative estimate of drug-likeness (QED) is 0.689. The van der Waals surface area contributed by atoms with E-state index >= 15 is 0 Å². The summed E-state index contributed by atoms with van der Waals surface area (Å²) in [6, 6.07) is 14.7. The Morgan fingerprint density at radius 1 is 1.08 bits per heavy atom. The Kier molecular flexibility index (Phi) is 6.19. The molecule has 0 fully saturated rings. The molecule has 2 nitrogen and oxygen atoms in total. The first-order valence-corrected chi connectivity index (χ1v) is 10.4. The lowest BCUT2D eigenvalue weighted by atomic mass is 9.88. The highest BCUT2D eigenvalue weighted by Gasteiger charge is 2.18. The predicted octanol–water partition coefficient (Wildman–Crippen LogP) is 5.56. The molecule has 3 rings (SSSR count). The van der Waals surface area contributed by atoms with Gasteiger partial charge in [-0.15, -0.1) is 11.8 Å². The summed E-state index contributed by atoms with van der Waals surface area (Å²) in [4.78, 5) is 13.9. The van der Waals surface area contributed by atoms with E-state index < -0.39 is 0 Å². The van der Waals surface area contributed by atoms with Crippen LogP contribution in [0.25, 0.3) is 0 Å². The summed E-state index contributed by atoms with van der Waals surface area (Å²) in [5.41, 5.74) is 4.97. The van der Waals surface area contributed by atoms with Crippen LogP contribution in [0.2, 0.25) is 0 Å². The van der Waals surface area contributed by atoms with Crippen molar-refractivity contribution >= 4 is 17.7 Å². The van der Waals surface area contributed by atoms with Crippen molar-refractivity contribution in [3.05, 3.63) is 64.7 Å². The van der Waals surface area contributed by atoms with Crippen molar-refractivity contribution in [2.45, 2.75) is 56.9 Å². The Morgan fingerprint density at radius 3 is 2.60 bits per heavy atom. The van der Waals surface area contributed by atoms with Crippen molar-refractivity contribution < 1.29 is 4.79 Å². The van der Waals surface area contributed by atoms with Crippen LogP contribution in [0, 0.1) is 0 Å². The minimum Gasteiger partial charge on any atom is -0.345 e. The lowest BCUT2D eigenvalue weighted by molar-refractivity contribution is 0.0932. The van der Waals surface area contributed by atoms with Gasteiger partial charge in [-0.2, -0.15) is 0 Å². The van der Waals surface area contributed by atoms with Gasteiger partial charge in [-0.1, -0.05) is 44.2 Å². The lowest BCUT2D eigenvalue weighted by Gasteiger charge is -2.22. The topological polar surface area (TPSA) is 29.1 Å². The Balaban J connectivity index is 1.79. The second kappa shape index (κ2) is 8.57. The highest BCUT2D eigenvalue weighted by Crippen LogP contribution is 2.27. The van der Waals surface area contributed by atoms with Crippen LogP contribution in [0.1, 0.15) is 66.2 Å². The van der Waals surface area contributed by atoms with Crippen LogP contribution in [0.4, 0.5) is 0 Å². The van der Waals surface area contributed by atoms with E-state index in [1.165, 1.54) is 42.4 Å². The lowest BCUT2D eigenvalue weighted by Crippen LogP contribution is -2.28. The average Bonchev–Trinajstić information content (AvgIpc) is 2.66. The summed E-state index contributed by atoms with van der Waals surface area (Å²) in [6.45, 7) is 4.25. The van der Waals surface area contributed by atoms with Crippen LogP contribution >= 0.6 is 11.8 Å². The summed E-state index contributed by atoms with van der Waals surface area (Å²) < 4.78 is 0. The molecule has 0 saturated heterocycles. The number of rotatable bonds is 6. The van der Waals surface area contributed by atoms with Crippen molar-refractivity contribution in [3.63, 3.8) is 0 Å². The average molecular weight is 354 g/mol. The largest absolute Gasteiger partial charge is 0.345 e. The SMILES string of the molecule is CCSc1ccccc1C(=O)N[C@H](CC)c1ccc2c(c1)CCCC2. The predicted molar refractivity (Wildman–Crippen MR) is 106 cm³/mol. The van der Waals surface area contributed by atoms with E-state index in [1.807, 2.05) is 24.3 Å². The van der Waals surface area contributed by atoms with E-state index in [2.05, 4.69) is 37.4 Å². The van der Waals surface area contributed by atoms with Crippen LogP contribution in [0.5, 0.6) is 0 Å². The zero-order valence-corrected chi connectivity index (χ0v) is 16.0. The van der Waals surface area contributed by atoms with Gasteiger partial charge in [-0.05, 0) is 66.7 Å². The Morgan fingerprint density at radius 2 is 1.84 bits per heavy atom. The molecule has 132 valence electrons. The summed E-state index contributed by atoms with van der Waals surface area (Å²) in [5.74, 6) is 0.993. The molecule has 1 atom stereocenters. The number of carbonyl (C=O) groups is 1. The molecule has 25 heavy (non-hydrogen) atoms. The molecule has 0 radical (unpaired) electrons. The van der Waals surface area contributed by atoms with E-state index in [0.717, 1.165) is 22.6 Å². The molecule has 2 aromatic carbocycles. The van der Waals surface area contributed by atoms with E-state index in [4.69, 9.17) is 0 Å². The van der Waals surface area contributed by atoms with Gasteiger partial charge in [0.2, 0.25) is 0 Å². The Bertz CT molecular complexity index is 741. The molecule has 2 aromatic rings. The number of thioether (sulfide) groups is 1. The number of nitrogens with one attached hydrogen (secondary N) is 1. The number of aryl methyl sites for hydroxylation is 2. The van der Waals surface area contributed by atoms with E-state index in [0.29, 0.717) is 0 Å². The first-order chi connectivity index (χ1) is 12.2. The smallest absolute Gasteiger partial charge is 0.252 e. The molecule has 1 aliphatic rings. The minimum absolute atomic E-state index is 0.0288. The Hall–Kier alpha value is -1.74. The number of benzene rings is 2. The third kappa shape index (κ3) is 4.27. The van der Waals surface area contributed by atoms with E-state index in [-0.39, 0.29) is 11.9 Å². The zero-order chi connectivity index (χ0) is 17.6. The maximum Gasteiger partial charge on any atom is 0.252 e. The van der Waals surface area contributed by atoms with Gasteiger partial charge in [-0.3, -0.25) is 4.79 Å². The monoisotopic (exact) mass is 353 g/mol. The minimum atomic E-state index is 0.0288. The number of hydrogen-bond acceptors (Lipinski definition) is 2. The molecule has 0 bridgehead atoms. The van der Waals surface area contributed by atoms with Crippen molar-refractivity contribution in [2.75, 3.05) is 5.75 Å². The van der Waals surface area contributed by atoms with E-state index in [9.17, 15) is 4.79 Å². The van der Waals surface area contributed by atoms with Gasteiger partial charge >= 0.3 is 0 Å². The molecule has 0 saturated carbocycles. The van der Waals surface area contributed by atoms with Gasteiger partial charge < -0.3 is 5.32 Å². The van der Waals surface area contributed by atoms with Gasteiger partial charge in [-0.25, -0.2) is 0 Å². The third-order valence-electron chi connectivity index (χ3n) is 4.92. The van der Waals surface area contributed by atoms with Crippen molar-refractivity contribution in [3.8, 4) is 0 Å². The molecule has 0 aliphatic heterocycles. The molecular formula is C22H27NOS. The highest BCUT2D eigenvalue weighted by atomic mass is 32.2. The van der Waals surface area contributed by atoms with Crippen LogP contribution < -0.4 is 5.32 Å². The fourth-order valence-electron chi connectivity index (χ4n) is 3.56. The number of amides is 1. The summed E-state index contributed by atoms with van der Waals surface area (Å²) in [5, 5.41) is 3.25. The Labute approximate surface area is 155 Å². The molecule has 0 heterocycles. The summed E-state index contributed by atoms with van der Waals surface area (Å²) in [7, 11) is 0. The van der Waals surface area contributed by atoms with Gasteiger partial charge in [0.25, 0.3) is 5.91 Å². The van der Waals surface area contributed by atoms with Gasteiger partial charge in [0.05, 0.1) is 11.6 Å². The number of carbonyl (C=O) groups excluding carboxylic acids is 1. The van der Waals surface area contributed by atoms with Gasteiger partial charge in [0.1, 0.15) is 0 Å². The molecule has 1 N–H and O–H groups in total. The first kappa shape index (κ1) is 18.1. The van der Waals surface area contributed by atoms with Crippen LogP contribution in [-0.4, -0.2) is 11.7 Å². The van der Waals surface area contributed by atoms with Crippen molar-refractivity contribution in [1.29, 1.82) is 0 Å². The second-order valence-electron chi connectivity index (χ2n) is 6.60. The second-order valence-corrected chi connectivity index (χ2v) is 7.90. The highest BCUT2D eigenvalue weighted by molar-refractivity contribution is 7.99. The third-order valence-corrected chi connectivity index (χ3v) is 5.88. The maximum atomic E-state index is 12.8. The molecular weight excluding hydrogens is 326 g/mol. The zero-order valence-electron chi connectivity index (χ0n) is 15.2. The molecule has 0 unspecified atom stereocenters. The fourth-order valence-corrected chi connectivity index (χ4v) is 4.36. The molecule has 0 spiro atoms. The molecule has 1 aliphatic carbocycles. The van der Waals surface area contributed by atoms with Crippen LogP contribution in [-0.2, 0) is 12.8 Å². The van der Waals surface area contributed by atoms with Crippen molar-refractivity contribution in [1.82, 2.24) is 5.32 Å². The molecule has 3 heteroatoms. The van der Waals surface area contributed by atoms with E-state index in [1.54, 1.807) is 11.8 Å².